The van der Waals surface area contributed by atoms with E-state index in [9.17, 15) is 9.59 Å². The number of carbonyl (C=O) groups excluding carboxylic acids is 2. The molecule has 0 aliphatic rings. The molecule has 0 saturated carbocycles. The van der Waals surface area contributed by atoms with Crippen LogP contribution in [0.5, 0.6) is 5.75 Å². The van der Waals surface area contributed by atoms with E-state index in [1.807, 2.05) is 24.3 Å². The molecule has 136 valence electrons. The molecule has 0 aliphatic heterocycles. The standard InChI is InChI=1S/C20H18N4O3/c1-12(25)27-18-11-14-5-3-2-4-13(14)10-17(18)19(26)23-15-6-8-16(9-7-15)24-20(21)22/h2-11H,1H3,(H,23,26)(H4,21,22,24). The molecule has 3 aromatic rings. The summed E-state index contributed by atoms with van der Waals surface area (Å²) in [5, 5.41) is 14.4. The molecule has 7 nitrogen and oxygen atoms in total. The van der Waals surface area contributed by atoms with E-state index in [4.69, 9.17) is 15.9 Å². The number of guanidine groups is 1. The lowest BCUT2D eigenvalue weighted by Gasteiger charge is -2.12. The molecule has 0 fully saturated rings. The number of benzene rings is 3. The highest BCUT2D eigenvalue weighted by atomic mass is 16.5. The quantitative estimate of drug-likeness (QED) is 0.246. The molecule has 27 heavy (non-hydrogen) atoms. The molecule has 3 rings (SSSR count). The zero-order valence-corrected chi connectivity index (χ0v) is 14.6. The van der Waals surface area contributed by atoms with Crippen molar-refractivity contribution in [2.45, 2.75) is 6.92 Å². The predicted octanol–water partition coefficient (Wildman–Crippen LogP) is 3.32. The van der Waals surface area contributed by atoms with Gasteiger partial charge in [0.15, 0.2) is 5.96 Å². The van der Waals surface area contributed by atoms with Crippen molar-refractivity contribution in [1.82, 2.24) is 0 Å². The van der Waals surface area contributed by atoms with Crippen LogP contribution in [0.2, 0.25) is 0 Å². The molecule has 0 heterocycles. The van der Waals surface area contributed by atoms with Crippen molar-refractivity contribution in [3.63, 3.8) is 0 Å². The maximum atomic E-state index is 12.8. The molecule has 0 aliphatic carbocycles. The van der Waals surface area contributed by atoms with Crippen LogP contribution in [0.15, 0.2) is 60.7 Å². The summed E-state index contributed by atoms with van der Waals surface area (Å²) in [4.78, 5) is 24.2. The Morgan fingerprint density at radius 1 is 0.926 bits per heavy atom. The minimum atomic E-state index is -0.501. The molecule has 0 aromatic heterocycles. The molecular formula is C20H18N4O3. The van der Waals surface area contributed by atoms with Crippen LogP contribution in [0.25, 0.3) is 10.8 Å². The third-order valence-electron chi connectivity index (χ3n) is 3.77. The average Bonchev–Trinajstić information content (AvgIpc) is 2.62. The molecule has 0 bridgehead atoms. The number of amides is 1. The number of fused-ring (bicyclic) bond motifs is 1. The summed E-state index contributed by atoms with van der Waals surface area (Å²) in [7, 11) is 0. The van der Waals surface area contributed by atoms with Crippen molar-refractivity contribution in [3.05, 3.63) is 66.2 Å². The van der Waals surface area contributed by atoms with Gasteiger partial charge < -0.3 is 21.1 Å². The fraction of sp³-hybridized carbons (Fsp3) is 0.0500. The van der Waals surface area contributed by atoms with Crippen molar-refractivity contribution in [1.29, 1.82) is 5.41 Å². The third-order valence-corrected chi connectivity index (χ3v) is 3.77. The highest BCUT2D eigenvalue weighted by Gasteiger charge is 2.16. The van der Waals surface area contributed by atoms with Gasteiger partial charge in [-0.15, -0.1) is 0 Å². The number of hydrogen-bond donors (Lipinski definition) is 4. The summed E-state index contributed by atoms with van der Waals surface area (Å²) in [6.45, 7) is 1.29. The number of nitrogens with two attached hydrogens (primary N) is 1. The van der Waals surface area contributed by atoms with E-state index >= 15 is 0 Å². The number of ether oxygens (including phenoxy) is 1. The predicted molar refractivity (Wildman–Crippen MR) is 105 cm³/mol. The summed E-state index contributed by atoms with van der Waals surface area (Å²) in [6, 6.07) is 17.6. The Morgan fingerprint density at radius 2 is 1.48 bits per heavy atom. The van der Waals surface area contributed by atoms with Crippen LogP contribution in [0.1, 0.15) is 17.3 Å². The first kappa shape index (κ1) is 17.9. The molecule has 0 spiro atoms. The maximum absolute atomic E-state index is 12.8. The van der Waals surface area contributed by atoms with E-state index < -0.39 is 11.9 Å². The first-order valence-corrected chi connectivity index (χ1v) is 8.16. The average molecular weight is 362 g/mol. The zero-order valence-electron chi connectivity index (χ0n) is 14.6. The second kappa shape index (κ2) is 7.57. The van der Waals surface area contributed by atoms with Crippen molar-refractivity contribution in [2.75, 3.05) is 10.6 Å². The molecule has 5 N–H and O–H groups in total. The largest absolute Gasteiger partial charge is 0.426 e. The normalized spacial score (nSPS) is 10.3. The molecule has 1 amide bonds. The van der Waals surface area contributed by atoms with Gasteiger partial charge in [-0.3, -0.25) is 15.0 Å². The van der Waals surface area contributed by atoms with Gasteiger partial charge in [0.05, 0.1) is 5.56 Å². The minimum Gasteiger partial charge on any atom is -0.426 e. The first-order valence-electron chi connectivity index (χ1n) is 8.16. The SMILES string of the molecule is CC(=O)Oc1cc2ccccc2cc1C(=O)Nc1ccc(NC(=N)N)cc1. The first-order chi connectivity index (χ1) is 12.9. The van der Waals surface area contributed by atoms with Crippen LogP contribution < -0.4 is 21.1 Å². The van der Waals surface area contributed by atoms with Crippen LogP contribution in [0.4, 0.5) is 11.4 Å². The lowest BCUT2D eigenvalue weighted by Crippen LogP contribution is -2.20. The molecule has 0 atom stereocenters. The summed E-state index contributed by atoms with van der Waals surface area (Å²) in [5.41, 5.74) is 6.72. The Hall–Kier alpha value is -3.87. The lowest BCUT2D eigenvalue weighted by molar-refractivity contribution is -0.131. The van der Waals surface area contributed by atoms with Crippen LogP contribution in [-0.2, 0) is 4.79 Å². The Bertz CT molecular complexity index is 1030. The molecule has 0 radical (unpaired) electrons. The zero-order chi connectivity index (χ0) is 19.4. The van der Waals surface area contributed by atoms with Crippen molar-refractivity contribution >= 4 is 40.0 Å². The van der Waals surface area contributed by atoms with Crippen LogP contribution in [0, 0.1) is 5.41 Å². The Labute approximate surface area is 155 Å². The van der Waals surface area contributed by atoms with Gasteiger partial charge in [-0.25, -0.2) is 0 Å². The molecule has 3 aromatic carbocycles. The molecule has 0 saturated heterocycles. The van der Waals surface area contributed by atoms with E-state index in [0.29, 0.717) is 11.4 Å². The van der Waals surface area contributed by atoms with Crippen molar-refractivity contribution < 1.29 is 14.3 Å². The van der Waals surface area contributed by atoms with Gasteiger partial charge in [0.2, 0.25) is 0 Å². The van der Waals surface area contributed by atoms with E-state index in [2.05, 4.69) is 10.6 Å². The van der Waals surface area contributed by atoms with Crippen LogP contribution in [0.3, 0.4) is 0 Å². The van der Waals surface area contributed by atoms with Gasteiger partial charge in [-0.05, 0) is 47.2 Å². The Balaban J connectivity index is 1.89. The number of esters is 1. The molecule has 0 unspecified atom stereocenters. The maximum Gasteiger partial charge on any atom is 0.308 e. The van der Waals surface area contributed by atoms with Crippen LogP contribution in [-0.4, -0.2) is 17.8 Å². The van der Waals surface area contributed by atoms with E-state index in [-0.39, 0.29) is 17.3 Å². The highest BCUT2D eigenvalue weighted by molar-refractivity contribution is 6.09. The van der Waals surface area contributed by atoms with Gasteiger partial charge in [-0.2, -0.15) is 0 Å². The second-order valence-corrected chi connectivity index (χ2v) is 5.86. The Morgan fingerprint density at radius 3 is 2.04 bits per heavy atom. The second-order valence-electron chi connectivity index (χ2n) is 5.86. The summed E-state index contributed by atoms with van der Waals surface area (Å²) < 4.78 is 5.23. The number of nitrogens with one attached hydrogen (secondary N) is 3. The molecule has 7 heteroatoms. The van der Waals surface area contributed by atoms with Gasteiger partial charge in [0.1, 0.15) is 5.75 Å². The van der Waals surface area contributed by atoms with Crippen molar-refractivity contribution in [3.8, 4) is 5.75 Å². The summed E-state index contributed by atoms with van der Waals surface area (Å²) in [6.07, 6.45) is 0. The summed E-state index contributed by atoms with van der Waals surface area (Å²) in [5.74, 6) is -0.870. The van der Waals surface area contributed by atoms with Gasteiger partial charge in [0, 0.05) is 18.3 Å². The fourth-order valence-electron chi connectivity index (χ4n) is 2.63. The van der Waals surface area contributed by atoms with Crippen molar-refractivity contribution in [2.24, 2.45) is 5.73 Å². The topological polar surface area (TPSA) is 117 Å². The smallest absolute Gasteiger partial charge is 0.308 e. The van der Waals surface area contributed by atoms with Crippen LogP contribution >= 0.6 is 0 Å². The lowest BCUT2D eigenvalue weighted by atomic mass is 10.1. The van der Waals surface area contributed by atoms with Gasteiger partial charge >= 0.3 is 5.97 Å². The van der Waals surface area contributed by atoms with E-state index in [1.165, 1.54) is 6.92 Å². The number of rotatable bonds is 4. The highest BCUT2D eigenvalue weighted by Crippen LogP contribution is 2.27. The van der Waals surface area contributed by atoms with E-state index in [1.54, 1.807) is 36.4 Å². The number of carbonyl (C=O) groups is 2. The Kier molecular flexibility index (Phi) is 5.03. The fourth-order valence-corrected chi connectivity index (χ4v) is 2.63. The summed E-state index contributed by atoms with van der Waals surface area (Å²) >= 11 is 0. The van der Waals surface area contributed by atoms with E-state index in [0.717, 1.165) is 10.8 Å². The number of anilines is 2. The minimum absolute atomic E-state index is 0.172. The van der Waals surface area contributed by atoms with Gasteiger partial charge in [0.25, 0.3) is 5.91 Å². The third kappa shape index (κ3) is 4.40. The molecular weight excluding hydrogens is 344 g/mol. The van der Waals surface area contributed by atoms with Gasteiger partial charge in [-0.1, -0.05) is 24.3 Å². The number of hydrogen-bond acceptors (Lipinski definition) is 4. The monoisotopic (exact) mass is 362 g/mol.